The Balaban J connectivity index is 1.97. The Labute approximate surface area is 112 Å². The minimum atomic E-state index is -0.534. The van der Waals surface area contributed by atoms with Crippen LogP contribution in [0.15, 0.2) is 18.2 Å². The Morgan fingerprint density at radius 2 is 1.53 bits per heavy atom. The first kappa shape index (κ1) is 12.0. The second-order valence-electron chi connectivity index (χ2n) is 4.77. The third-order valence-electron chi connectivity index (χ3n) is 3.86. The highest BCUT2D eigenvalue weighted by Crippen LogP contribution is 2.65. The molecule has 90 valence electrons. The molecule has 0 radical (unpaired) electrons. The zero-order chi connectivity index (χ0) is 12.0. The Bertz CT molecular complexity index is 434. The second kappa shape index (κ2) is 4.53. The molecular weight excluding hydrogens is 274 g/mol. The Morgan fingerprint density at radius 1 is 1.06 bits per heavy atom. The van der Waals surface area contributed by atoms with Crippen molar-refractivity contribution in [1.29, 1.82) is 0 Å². The summed E-state index contributed by atoms with van der Waals surface area (Å²) in [6.45, 7) is 0. The van der Waals surface area contributed by atoms with Gasteiger partial charge in [0.2, 0.25) is 0 Å². The SMILES string of the molecule is O=C(c1c(Cl)cccc1Cl)P1C2CCC1CC2. The number of halogens is 2. The monoisotopic (exact) mass is 286 g/mol. The molecule has 0 N–H and O–H groups in total. The Kier molecular flexibility index (Phi) is 3.19. The molecule has 1 nitrogen and oxygen atoms in total. The van der Waals surface area contributed by atoms with E-state index >= 15 is 0 Å². The highest BCUT2D eigenvalue weighted by Gasteiger charge is 2.46. The van der Waals surface area contributed by atoms with Crippen LogP contribution in [0, 0.1) is 0 Å². The van der Waals surface area contributed by atoms with Crippen molar-refractivity contribution in [2.24, 2.45) is 0 Å². The van der Waals surface area contributed by atoms with Crippen molar-refractivity contribution >= 4 is 36.6 Å². The van der Waals surface area contributed by atoms with Gasteiger partial charge in [0.05, 0.1) is 15.6 Å². The molecule has 2 aliphatic rings. The van der Waals surface area contributed by atoms with E-state index in [0.717, 1.165) is 0 Å². The predicted octanol–water partition coefficient (Wildman–Crippen LogP) is 4.94. The zero-order valence-electron chi connectivity index (χ0n) is 9.33. The van der Waals surface area contributed by atoms with Crippen LogP contribution in [0.4, 0.5) is 0 Å². The van der Waals surface area contributed by atoms with Crippen LogP contribution in [0.5, 0.6) is 0 Å². The van der Waals surface area contributed by atoms with E-state index in [4.69, 9.17) is 23.2 Å². The minimum Gasteiger partial charge on any atom is -0.289 e. The fourth-order valence-corrected chi connectivity index (χ4v) is 7.24. The van der Waals surface area contributed by atoms with E-state index in [-0.39, 0.29) is 5.52 Å². The van der Waals surface area contributed by atoms with Crippen LogP contribution in [0.25, 0.3) is 0 Å². The largest absolute Gasteiger partial charge is 0.289 e. The maximum absolute atomic E-state index is 12.6. The summed E-state index contributed by atoms with van der Waals surface area (Å²) in [5.74, 6) is 0. The van der Waals surface area contributed by atoms with E-state index in [1.165, 1.54) is 25.7 Å². The average Bonchev–Trinajstić information content (AvgIpc) is 2.87. The van der Waals surface area contributed by atoms with E-state index < -0.39 is 7.92 Å². The van der Waals surface area contributed by atoms with Crippen LogP contribution in [-0.4, -0.2) is 16.8 Å². The van der Waals surface area contributed by atoms with Gasteiger partial charge in [-0.25, -0.2) is 0 Å². The molecule has 0 saturated carbocycles. The Morgan fingerprint density at radius 3 is 2.00 bits per heavy atom. The molecule has 0 aromatic heterocycles. The molecule has 2 aliphatic heterocycles. The van der Waals surface area contributed by atoms with Crippen molar-refractivity contribution in [3.8, 4) is 0 Å². The highest BCUT2D eigenvalue weighted by atomic mass is 35.5. The van der Waals surface area contributed by atoms with Crippen LogP contribution in [0.1, 0.15) is 36.0 Å². The number of carbonyl (C=O) groups is 1. The normalized spacial score (nSPS) is 30.8. The zero-order valence-corrected chi connectivity index (χ0v) is 11.7. The fourth-order valence-electron chi connectivity index (χ4n) is 3.08. The van der Waals surface area contributed by atoms with Crippen LogP contribution < -0.4 is 0 Å². The fraction of sp³-hybridized carbons (Fsp3) is 0.462. The third kappa shape index (κ3) is 1.93. The van der Waals surface area contributed by atoms with Crippen molar-refractivity contribution in [2.75, 3.05) is 0 Å². The highest BCUT2D eigenvalue weighted by molar-refractivity contribution is 7.77. The lowest BCUT2D eigenvalue weighted by molar-refractivity contribution is 0.108. The Hall–Kier alpha value is -0.100. The van der Waals surface area contributed by atoms with Gasteiger partial charge in [-0.15, -0.1) is 0 Å². The second-order valence-corrected chi connectivity index (χ2v) is 8.27. The van der Waals surface area contributed by atoms with Crippen molar-refractivity contribution in [3.05, 3.63) is 33.8 Å². The molecule has 4 heteroatoms. The molecule has 0 unspecified atom stereocenters. The van der Waals surface area contributed by atoms with E-state index in [9.17, 15) is 4.79 Å². The molecule has 0 amide bonds. The first-order chi connectivity index (χ1) is 8.18. The van der Waals surface area contributed by atoms with Crippen molar-refractivity contribution in [2.45, 2.75) is 37.0 Å². The lowest BCUT2D eigenvalue weighted by atomic mass is 10.0. The molecule has 2 heterocycles. The molecule has 0 aliphatic carbocycles. The average molecular weight is 287 g/mol. The number of carbonyl (C=O) groups excluding carboxylic acids is 1. The maximum Gasteiger partial charge on any atom is 0.187 e. The lowest BCUT2D eigenvalue weighted by Crippen LogP contribution is -2.05. The topological polar surface area (TPSA) is 17.1 Å². The molecule has 17 heavy (non-hydrogen) atoms. The van der Waals surface area contributed by atoms with E-state index in [0.29, 0.717) is 26.9 Å². The van der Waals surface area contributed by atoms with Gasteiger partial charge < -0.3 is 0 Å². The molecular formula is C13H13Cl2OP. The molecule has 0 atom stereocenters. The molecule has 2 saturated heterocycles. The molecule has 1 aromatic carbocycles. The van der Waals surface area contributed by atoms with E-state index in [2.05, 4.69) is 0 Å². The van der Waals surface area contributed by atoms with Gasteiger partial charge in [0.1, 0.15) is 0 Å². The predicted molar refractivity (Wildman–Crippen MR) is 73.8 cm³/mol. The summed E-state index contributed by atoms with van der Waals surface area (Å²) < 4.78 is 0. The van der Waals surface area contributed by atoms with E-state index in [1.807, 2.05) is 0 Å². The van der Waals surface area contributed by atoms with Gasteiger partial charge in [0, 0.05) is 0 Å². The van der Waals surface area contributed by atoms with Gasteiger partial charge >= 0.3 is 0 Å². The van der Waals surface area contributed by atoms with Crippen LogP contribution in [0.2, 0.25) is 10.0 Å². The van der Waals surface area contributed by atoms with Gasteiger partial charge in [-0.3, -0.25) is 4.79 Å². The molecule has 2 fully saturated rings. The summed E-state index contributed by atoms with van der Waals surface area (Å²) in [5.41, 5.74) is 2.08. The molecule has 3 rings (SSSR count). The molecule has 2 bridgehead atoms. The van der Waals surface area contributed by atoms with E-state index in [1.54, 1.807) is 18.2 Å². The maximum atomic E-state index is 12.6. The summed E-state index contributed by atoms with van der Waals surface area (Å²) in [6, 6.07) is 5.31. The number of hydrogen-bond donors (Lipinski definition) is 0. The summed E-state index contributed by atoms with van der Waals surface area (Å²) in [6.07, 6.45) is 4.91. The van der Waals surface area contributed by atoms with Crippen molar-refractivity contribution in [3.63, 3.8) is 0 Å². The van der Waals surface area contributed by atoms with Crippen LogP contribution >= 0.6 is 31.1 Å². The first-order valence-electron chi connectivity index (χ1n) is 5.95. The van der Waals surface area contributed by atoms with Crippen molar-refractivity contribution in [1.82, 2.24) is 0 Å². The summed E-state index contributed by atoms with van der Waals surface area (Å²) in [5, 5.41) is 1.02. The quantitative estimate of drug-likeness (QED) is 0.704. The van der Waals surface area contributed by atoms with Gasteiger partial charge in [-0.05, 0) is 57.1 Å². The lowest BCUT2D eigenvalue weighted by Gasteiger charge is -2.16. The van der Waals surface area contributed by atoms with Gasteiger partial charge in [0.25, 0.3) is 0 Å². The smallest absolute Gasteiger partial charge is 0.187 e. The summed E-state index contributed by atoms with van der Waals surface area (Å²) in [4.78, 5) is 12.6. The van der Waals surface area contributed by atoms with Crippen LogP contribution in [0.3, 0.4) is 0 Å². The third-order valence-corrected chi connectivity index (χ3v) is 7.79. The van der Waals surface area contributed by atoms with Crippen molar-refractivity contribution < 1.29 is 4.79 Å². The number of hydrogen-bond acceptors (Lipinski definition) is 1. The minimum absolute atomic E-state index is 0.237. The molecule has 1 aromatic rings. The number of fused-ring (bicyclic) bond motifs is 2. The standard InChI is InChI=1S/C13H13Cl2OP/c14-10-2-1-3-11(15)12(10)13(16)17-8-4-5-9(17)7-6-8/h1-3,8-9H,4-7H2. The summed E-state index contributed by atoms with van der Waals surface area (Å²) in [7, 11) is -0.534. The number of rotatable bonds is 2. The number of benzene rings is 1. The summed E-state index contributed by atoms with van der Waals surface area (Å²) >= 11 is 12.2. The van der Waals surface area contributed by atoms with Gasteiger partial charge in [-0.2, -0.15) is 0 Å². The first-order valence-corrected chi connectivity index (χ1v) is 8.19. The van der Waals surface area contributed by atoms with Gasteiger partial charge in [0.15, 0.2) is 5.52 Å². The van der Waals surface area contributed by atoms with Gasteiger partial charge in [-0.1, -0.05) is 29.3 Å². The molecule has 0 spiro atoms. The van der Waals surface area contributed by atoms with Crippen LogP contribution in [-0.2, 0) is 0 Å².